The lowest BCUT2D eigenvalue weighted by Gasteiger charge is -2.24. The highest BCUT2D eigenvalue weighted by Crippen LogP contribution is 2.41. The number of carbonyl (C=O) groups is 2. The molecule has 158 valence electrons. The molecule has 1 saturated heterocycles. The number of hydrogen-bond donors (Lipinski definition) is 1. The number of amides is 1. The van der Waals surface area contributed by atoms with Crippen molar-refractivity contribution in [2.75, 3.05) is 7.11 Å². The van der Waals surface area contributed by atoms with Crippen molar-refractivity contribution in [2.24, 2.45) is 0 Å². The summed E-state index contributed by atoms with van der Waals surface area (Å²) in [4.78, 5) is 27.3. The number of halogens is 2. The van der Waals surface area contributed by atoms with E-state index in [1.54, 1.807) is 54.6 Å². The zero-order valence-electron chi connectivity index (χ0n) is 16.3. The molecule has 8 heteroatoms. The van der Waals surface area contributed by atoms with E-state index < -0.39 is 17.7 Å². The van der Waals surface area contributed by atoms with E-state index in [-0.39, 0.29) is 22.9 Å². The summed E-state index contributed by atoms with van der Waals surface area (Å²) in [7, 11) is 1.53. The number of ether oxygens (including phenoxy) is 1. The molecule has 0 spiro atoms. The summed E-state index contributed by atoms with van der Waals surface area (Å²) < 4.78 is 10.5. The van der Waals surface area contributed by atoms with Gasteiger partial charge in [-0.1, -0.05) is 29.3 Å². The first-order valence-corrected chi connectivity index (χ1v) is 10.1. The van der Waals surface area contributed by atoms with Crippen LogP contribution in [0, 0.1) is 0 Å². The minimum absolute atomic E-state index is 0.0416. The monoisotopic (exact) mass is 457 g/mol. The number of Topliss-reactive ketones (excluding diaryl/α,β-unsaturated/α-hetero) is 1. The average molecular weight is 458 g/mol. The number of rotatable bonds is 5. The van der Waals surface area contributed by atoms with E-state index in [1.807, 2.05) is 0 Å². The summed E-state index contributed by atoms with van der Waals surface area (Å²) in [6, 6.07) is 13.9. The number of hydrogen-bond acceptors (Lipinski definition) is 5. The minimum atomic E-state index is -0.873. The number of methoxy groups -OCH3 is 1. The fraction of sp³-hybridized carbons (Fsp3) is 0.130. The van der Waals surface area contributed by atoms with Crippen molar-refractivity contribution in [3.05, 3.63) is 93.4 Å². The van der Waals surface area contributed by atoms with Crippen molar-refractivity contribution in [3.63, 3.8) is 0 Å². The van der Waals surface area contributed by atoms with E-state index in [2.05, 4.69) is 0 Å². The number of aliphatic hydroxyl groups is 1. The smallest absolute Gasteiger partial charge is 0.296 e. The van der Waals surface area contributed by atoms with E-state index in [0.717, 1.165) is 0 Å². The lowest BCUT2D eigenvalue weighted by molar-refractivity contribution is -0.140. The maximum atomic E-state index is 13.0. The summed E-state index contributed by atoms with van der Waals surface area (Å²) in [5.74, 6) is -0.746. The second-order valence-corrected chi connectivity index (χ2v) is 7.72. The van der Waals surface area contributed by atoms with Crippen LogP contribution < -0.4 is 4.74 Å². The van der Waals surface area contributed by atoms with Crippen LogP contribution in [-0.2, 0) is 16.1 Å². The molecule has 0 radical (unpaired) electrons. The first kappa shape index (κ1) is 21.0. The van der Waals surface area contributed by atoms with Crippen LogP contribution in [0.4, 0.5) is 0 Å². The van der Waals surface area contributed by atoms with Gasteiger partial charge in [-0.3, -0.25) is 9.59 Å². The van der Waals surface area contributed by atoms with Crippen molar-refractivity contribution in [1.29, 1.82) is 0 Å². The van der Waals surface area contributed by atoms with Crippen LogP contribution in [0.15, 0.2) is 70.9 Å². The number of likely N-dealkylation sites (tertiary alicyclic amines) is 1. The molecule has 2 heterocycles. The highest BCUT2D eigenvalue weighted by molar-refractivity contribution is 6.46. The Morgan fingerprint density at radius 3 is 2.45 bits per heavy atom. The molecule has 1 atom stereocenters. The van der Waals surface area contributed by atoms with E-state index in [4.69, 9.17) is 32.4 Å². The van der Waals surface area contributed by atoms with Gasteiger partial charge in [0.05, 0.1) is 41.6 Å². The van der Waals surface area contributed by atoms with Crippen LogP contribution in [0.5, 0.6) is 5.75 Å². The van der Waals surface area contributed by atoms with Gasteiger partial charge in [0.15, 0.2) is 0 Å². The highest BCUT2D eigenvalue weighted by atomic mass is 35.5. The third-order valence-electron chi connectivity index (χ3n) is 5.07. The Kier molecular flexibility index (Phi) is 5.76. The molecule has 3 aromatic rings. The number of carbonyl (C=O) groups excluding carboxylic acids is 2. The molecule has 1 aliphatic rings. The first-order valence-electron chi connectivity index (χ1n) is 9.31. The summed E-state index contributed by atoms with van der Waals surface area (Å²) in [5.41, 5.74) is 0.872. The van der Waals surface area contributed by atoms with Gasteiger partial charge in [-0.05, 0) is 54.1 Å². The predicted molar refractivity (Wildman–Crippen MR) is 116 cm³/mol. The number of ketones is 1. The van der Waals surface area contributed by atoms with Crippen LogP contribution >= 0.6 is 23.2 Å². The number of aliphatic hydroxyl groups excluding tert-OH is 1. The van der Waals surface area contributed by atoms with Gasteiger partial charge >= 0.3 is 0 Å². The van der Waals surface area contributed by atoms with Gasteiger partial charge in [0, 0.05) is 5.56 Å². The molecule has 1 aliphatic heterocycles. The van der Waals surface area contributed by atoms with Crippen LogP contribution in [0.25, 0.3) is 5.76 Å². The largest absolute Gasteiger partial charge is 0.507 e. The average Bonchev–Trinajstić information content (AvgIpc) is 3.38. The second-order valence-electron chi connectivity index (χ2n) is 6.91. The van der Waals surface area contributed by atoms with Crippen LogP contribution in [0.3, 0.4) is 0 Å². The lowest BCUT2D eigenvalue weighted by Crippen LogP contribution is -2.29. The van der Waals surface area contributed by atoms with Crippen molar-refractivity contribution in [2.45, 2.75) is 12.6 Å². The fourth-order valence-corrected chi connectivity index (χ4v) is 3.85. The molecule has 1 fully saturated rings. The van der Waals surface area contributed by atoms with Gasteiger partial charge in [-0.15, -0.1) is 0 Å². The number of furan rings is 1. The fourth-order valence-electron chi connectivity index (χ4n) is 3.55. The Bertz CT molecular complexity index is 1170. The Morgan fingerprint density at radius 2 is 1.84 bits per heavy atom. The maximum Gasteiger partial charge on any atom is 0.296 e. The highest BCUT2D eigenvalue weighted by Gasteiger charge is 2.46. The summed E-state index contributed by atoms with van der Waals surface area (Å²) >= 11 is 12.3. The standard InChI is InChI=1S/C23H17Cl2NO5/c1-30-15-7-4-13(5-8-15)21(27)19-20(14-6-9-17(24)18(25)11-14)26(23(29)22(19)28)12-16-3-2-10-31-16/h2-11,20,27H,12H2,1H3/b21-19+. The normalized spacial score (nSPS) is 17.9. The third kappa shape index (κ3) is 3.92. The molecule has 0 bridgehead atoms. The van der Waals surface area contributed by atoms with Crippen LogP contribution in [-0.4, -0.2) is 28.8 Å². The lowest BCUT2D eigenvalue weighted by atomic mass is 9.95. The predicted octanol–water partition coefficient (Wildman–Crippen LogP) is 5.22. The molecule has 6 nitrogen and oxygen atoms in total. The summed E-state index contributed by atoms with van der Waals surface area (Å²) in [5, 5.41) is 11.6. The van der Waals surface area contributed by atoms with Crippen molar-refractivity contribution >= 4 is 40.7 Å². The summed E-state index contributed by atoms with van der Waals surface area (Å²) in [6.45, 7) is 0.0435. The molecular formula is C23H17Cl2NO5. The molecule has 1 amide bonds. The van der Waals surface area contributed by atoms with Gasteiger partial charge in [-0.2, -0.15) is 0 Å². The number of nitrogens with zero attached hydrogens (tertiary/aromatic N) is 1. The second kappa shape index (κ2) is 8.49. The van der Waals surface area contributed by atoms with Gasteiger partial charge in [0.1, 0.15) is 17.3 Å². The Hall–Kier alpha value is -3.22. The van der Waals surface area contributed by atoms with Crippen molar-refractivity contribution in [3.8, 4) is 5.75 Å². The third-order valence-corrected chi connectivity index (χ3v) is 5.81. The SMILES string of the molecule is COc1ccc(/C(O)=C2\C(=O)C(=O)N(Cc3ccco3)C2c2ccc(Cl)c(Cl)c2)cc1. The zero-order valence-corrected chi connectivity index (χ0v) is 17.9. The minimum Gasteiger partial charge on any atom is -0.507 e. The van der Waals surface area contributed by atoms with Crippen molar-refractivity contribution in [1.82, 2.24) is 4.90 Å². The zero-order chi connectivity index (χ0) is 22.1. The molecular weight excluding hydrogens is 441 g/mol. The quantitative estimate of drug-likeness (QED) is 0.322. The van der Waals surface area contributed by atoms with Crippen LogP contribution in [0.2, 0.25) is 10.0 Å². The Morgan fingerprint density at radius 1 is 1.10 bits per heavy atom. The van der Waals surface area contributed by atoms with Gasteiger partial charge in [0.2, 0.25) is 0 Å². The van der Waals surface area contributed by atoms with Crippen molar-refractivity contribution < 1.29 is 23.8 Å². The Labute approximate surface area is 188 Å². The molecule has 31 heavy (non-hydrogen) atoms. The van der Waals surface area contributed by atoms with E-state index in [9.17, 15) is 14.7 Å². The van der Waals surface area contributed by atoms with E-state index in [0.29, 0.717) is 27.7 Å². The topological polar surface area (TPSA) is 80.0 Å². The van der Waals surface area contributed by atoms with Crippen LogP contribution in [0.1, 0.15) is 22.9 Å². The molecule has 1 N–H and O–H groups in total. The number of benzene rings is 2. The van der Waals surface area contributed by atoms with E-state index >= 15 is 0 Å². The molecule has 2 aromatic carbocycles. The Balaban J connectivity index is 1.87. The van der Waals surface area contributed by atoms with Gasteiger partial charge < -0.3 is 19.2 Å². The maximum absolute atomic E-state index is 13.0. The molecule has 0 aliphatic carbocycles. The van der Waals surface area contributed by atoms with Gasteiger partial charge in [0.25, 0.3) is 11.7 Å². The molecule has 1 unspecified atom stereocenters. The first-order chi connectivity index (χ1) is 14.9. The van der Waals surface area contributed by atoms with E-state index in [1.165, 1.54) is 18.3 Å². The summed E-state index contributed by atoms with van der Waals surface area (Å²) in [6.07, 6.45) is 1.48. The molecule has 0 saturated carbocycles. The molecule has 1 aromatic heterocycles. The molecule has 4 rings (SSSR count). The van der Waals surface area contributed by atoms with Gasteiger partial charge in [-0.25, -0.2) is 0 Å².